The molecule has 1 saturated heterocycles. The van der Waals surface area contributed by atoms with E-state index in [-0.39, 0.29) is 11.8 Å². The number of carbonyl (C=O) groups excluding carboxylic acids is 2. The van der Waals surface area contributed by atoms with Crippen molar-refractivity contribution in [2.45, 2.75) is 18.9 Å². The lowest BCUT2D eigenvalue weighted by molar-refractivity contribution is -0.896. The summed E-state index contributed by atoms with van der Waals surface area (Å²) in [4.78, 5) is 27.8. The van der Waals surface area contributed by atoms with E-state index in [1.54, 1.807) is 0 Å². The lowest BCUT2D eigenvalue weighted by atomic mass is 10.1. The standard InChI is InChI=1S/C22H25N3O3/c26-21(23-18-8-9-18)16-24-12-14-25(15-13-24)22(27)17-6-10-20(11-7-17)28-19-4-2-1-3-5-19/h1-7,10-11,18H,8-9,12-16H2,(H,23,26)/p+1. The molecule has 28 heavy (non-hydrogen) atoms. The van der Waals surface area contributed by atoms with Gasteiger partial charge in [-0.15, -0.1) is 0 Å². The first-order valence-electron chi connectivity index (χ1n) is 9.92. The van der Waals surface area contributed by atoms with Crippen LogP contribution in [-0.4, -0.2) is 55.5 Å². The van der Waals surface area contributed by atoms with E-state index in [4.69, 9.17) is 4.74 Å². The molecule has 0 aromatic heterocycles. The van der Waals surface area contributed by atoms with Crippen molar-refractivity contribution in [1.29, 1.82) is 0 Å². The number of benzene rings is 2. The molecule has 2 amide bonds. The number of rotatable bonds is 6. The van der Waals surface area contributed by atoms with Gasteiger partial charge in [0.2, 0.25) is 0 Å². The van der Waals surface area contributed by atoms with Crippen LogP contribution >= 0.6 is 0 Å². The lowest BCUT2D eigenvalue weighted by Crippen LogP contribution is -3.15. The van der Waals surface area contributed by atoms with Crippen LogP contribution in [0.15, 0.2) is 54.6 Å². The molecule has 0 atom stereocenters. The Kier molecular flexibility index (Phi) is 5.58. The van der Waals surface area contributed by atoms with Gasteiger partial charge >= 0.3 is 0 Å². The summed E-state index contributed by atoms with van der Waals surface area (Å²) in [6.45, 7) is 3.46. The van der Waals surface area contributed by atoms with E-state index >= 15 is 0 Å². The monoisotopic (exact) mass is 380 g/mol. The molecule has 146 valence electrons. The van der Waals surface area contributed by atoms with Crippen LogP contribution in [0.25, 0.3) is 0 Å². The minimum Gasteiger partial charge on any atom is -0.457 e. The van der Waals surface area contributed by atoms with Gasteiger partial charge in [0.05, 0.1) is 26.2 Å². The quantitative estimate of drug-likeness (QED) is 0.789. The molecule has 1 aliphatic carbocycles. The summed E-state index contributed by atoms with van der Waals surface area (Å²) >= 11 is 0. The van der Waals surface area contributed by atoms with Gasteiger partial charge < -0.3 is 19.9 Å². The molecule has 4 rings (SSSR count). The fourth-order valence-corrected chi connectivity index (χ4v) is 3.41. The fraction of sp³-hybridized carbons (Fsp3) is 0.364. The van der Waals surface area contributed by atoms with Crippen molar-refractivity contribution in [3.05, 3.63) is 60.2 Å². The molecule has 2 aromatic carbocycles. The zero-order valence-electron chi connectivity index (χ0n) is 15.9. The topological polar surface area (TPSA) is 63.1 Å². The average molecular weight is 380 g/mol. The number of ether oxygens (including phenoxy) is 1. The minimum absolute atomic E-state index is 0.0349. The summed E-state index contributed by atoms with van der Waals surface area (Å²) in [5, 5.41) is 3.03. The van der Waals surface area contributed by atoms with E-state index in [9.17, 15) is 9.59 Å². The summed E-state index contributed by atoms with van der Waals surface area (Å²) in [6, 6.07) is 17.2. The van der Waals surface area contributed by atoms with Crippen molar-refractivity contribution in [1.82, 2.24) is 10.2 Å². The first-order chi connectivity index (χ1) is 13.7. The molecule has 6 nitrogen and oxygen atoms in total. The van der Waals surface area contributed by atoms with Crippen molar-refractivity contribution in [2.24, 2.45) is 0 Å². The molecule has 6 heteroatoms. The number of carbonyl (C=O) groups is 2. The molecule has 2 aromatic rings. The van der Waals surface area contributed by atoms with Crippen LogP contribution in [0.5, 0.6) is 11.5 Å². The fourth-order valence-electron chi connectivity index (χ4n) is 3.41. The molecule has 2 N–H and O–H groups in total. The van der Waals surface area contributed by atoms with Gasteiger partial charge in [0.15, 0.2) is 6.54 Å². The van der Waals surface area contributed by atoms with Crippen molar-refractivity contribution < 1.29 is 19.2 Å². The van der Waals surface area contributed by atoms with Crippen molar-refractivity contribution >= 4 is 11.8 Å². The van der Waals surface area contributed by atoms with Gasteiger partial charge in [0.1, 0.15) is 11.5 Å². The molecule has 1 heterocycles. The number of quaternary nitrogens is 1. The molecule has 0 radical (unpaired) electrons. The van der Waals surface area contributed by atoms with Crippen molar-refractivity contribution in [3.8, 4) is 11.5 Å². The highest BCUT2D eigenvalue weighted by atomic mass is 16.5. The summed E-state index contributed by atoms with van der Waals surface area (Å²) in [5.41, 5.74) is 0.662. The number of para-hydroxylation sites is 1. The highest BCUT2D eigenvalue weighted by molar-refractivity contribution is 5.94. The maximum atomic E-state index is 12.7. The van der Waals surface area contributed by atoms with Gasteiger partial charge in [0, 0.05) is 11.6 Å². The zero-order chi connectivity index (χ0) is 19.3. The number of nitrogens with zero attached hydrogens (tertiary/aromatic N) is 1. The summed E-state index contributed by atoms with van der Waals surface area (Å²) in [5.74, 6) is 1.64. The maximum absolute atomic E-state index is 12.7. The van der Waals surface area contributed by atoms with Crippen molar-refractivity contribution in [3.63, 3.8) is 0 Å². The highest BCUT2D eigenvalue weighted by Crippen LogP contribution is 2.21. The second kappa shape index (κ2) is 8.44. The molecule has 2 fully saturated rings. The Labute approximate surface area is 165 Å². The number of hydrogen-bond acceptors (Lipinski definition) is 3. The molecule has 1 aliphatic heterocycles. The predicted octanol–water partition coefficient (Wildman–Crippen LogP) is 1.10. The maximum Gasteiger partial charge on any atom is 0.275 e. The Morgan fingerprint density at radius 1 is 0.964 bits per heavy atom. The predicted molar refractivity (Wildman–Crippen MR) is 106 cm³/mol. The molecule has 0 bridgehead atoms. The SMILES string of the molecule is O=C(C[NH+]1CCN(C(=O)c2ccc(Oc3ccccc3)cc2)CC1)NC1CC1. The highest BCUT2D eigenvalue weighted by Gasteiger charge is 2.28. The summed E-state index contributed by atoms with van der Waals surface area (Å²) < 4.78 is 5.78. The third-order valence-corrected chi connectivity index (χ3v) is 5.19. The smallest absolute Gasteiger partial charge is 0.275 e. The Morgan fingerprint density at radius 2 is 1.61 bits per heavy atom. The number of nitrogens with one attached hydrogen (secondary N) is 2. The van der Waals surface area contributed by atoms with Gasteiger partial charge in [-0.1, -0.05) is 18.2 Å². The van der Waals surface area contributed by atoms with Crippen LogP contribution < -0.4 is 15.0 Å². The second-order valence-electron chi connectivity index (χ2n) is 7.50. The van der Waals surface area contributed by atoms with Gasteiger partial charge in [0.25, 0.3) is 11.8 Å². The van der Waals surface area contributed by atoms with Crippen molar-refractivity contribution in [2.75, 3.05) is 32.7 Å². The zero-order valence-corrected chi connectivity index (χ0v) is 15.9. The van der Waals surface area contributed by atoms with Crippen LogP contribution in [0, 0.1) is 0 Å². The number of amides is 2. The first kappa shape index (κ1) is 18.5. The molecular weight excluding hydrogens is 354 g/mol. The van der Waals surface area contributed by atoms with E-state index in [0.717, 1.165) is 31.7 Å². The van der Waals surface area contributed by atoms with Gasteiger partial charge in [-0.3, -0.25) is 9.59 Å². The van der Waals surface area contributed by atoms with Crippen LogP contribution in [-0.2, 0) is 4.79 Å². The van der Waals surface area contributed by atoms with E-state index in [1.165, 1.54) is 4.90 Å². The van der Waals surface area contributed by atoms with E-state index in [1.807, 2.05) is 59.5 Å². The Hall–Kier alpha value is -2.86. The van der Waals surface area contributed by atoms with Gasteiger partial charge in [-0.05, 0) is 49.2 Å². The molecule has 2 aliphatic rings. The van der Waals surface area contributed by atoms with Gasteiger partial charge in [-0.2, -0.15) is 0 Å². The number of hydrogen-bond donors (Lipinski definition) is 2. The Balaban J connectivity index is 1.27. The third-order valence-electron chi connectivity index (χ3n) is 5.19. The second-order valence-corrected chi connectivity index (χ2v) is 7.50. The van der Waals surface area contributed by atoms with E-state index in [2.05, 4.69) is 5.32 Å². The third kappa shape index (κ3) is 4.89. The summed E-state index contributed by atoms with van der Waals surface area (Å²) in [7, 11) is 0. The van der Waals surface area contributed by atoms with Crippen LogP contribution in [0.1, 0.15) is 23.2 Å². The summed E-state index contributed by atoms with van der Waals surface area (Å²) in [6.07, 6.45) is 2.22. The molecular formula is C22H26N3O3+. The first-order valence-corrected chi connectivity index (χ1v) is 9.92. The van der Waals surface area contributed by atoms with E-state index < -0.39 is 0 Å². The largest absolute Gasteiger partial charge is 0.457 e. The molecule has 0 unspecified atom stereocenters. The molecule has 1 saturated carbocycles. The van der Waals surface area contributed by atoms with Crippen LogP contribution in [0.4, 0.5) is 0 Å². The lowest BCUT2D eigenvalue weighted by Gasteiger charge is -2.32. The normalized spacial score (nSPS) is 17.2. The minimum atomic E-state index is 0.0349. The Morgan fingerprint density at radius 3 is 2.25 bits per heavy atom. The average Bonchev–Trinajstić information content (AvgIpc) is 3.53. The van der Waals surface area contributed by atoms with Gasteiger partial charge in [-0.25, -0.2) is 0 Å². The molecule has 0 spiro atoms. The number of piperazine rings is 1. The van der Waals surface area contributed by atoms with Crippen LogP contribution in [0.3, 0.4) is 0 Å². The Bertz CT molecular complexity index is 811. The van der Waals surface area contributed by atoms with E-state index in [0.29, 0.717) is 37.0 Å². The van der Waals surface area contributed by atoms with Crippen LogP contribution in [0.2, 0.25) is 0 Å².